The Morgan fingerprint density at radius 2 is 1.62 bits per heavy atom. The summed E-state index contributed by atoms with van der Waals surface area (Å²) < 4.78 is 2.06. The maximum Gasteiger partial charge on any atom is 0.165 e. The summed E-state index contributed by atoms with van der Waals surface area (Å²) in [6, 6.07) is 10.8. The summed E-state index contributed by atoms with van der Waals surface area (Å²) in [5.41, 5.74) is 6.65. The molecule has 2 aromatic heterocycles. The van der Waals surface area contributed by atoms with Gasteiger partial charge in [-0.2, -0.15) is 9.61 Å². The molecule has 136 valence electrons. The first-order chi connectivity index (χ1) is 12.4. The summed E-state index contributed by atoms with van der Waals surface area (Å²) in [7, 11) is 0. The van der Waals surface area contributed by atoms with Crippen molar-refractivity contribution in [3.63, 3.8) is 0 Å². The number of rotatable bonds is 2. The van der Waals surface area contributed by atoms with Gasteiger partial charge in [0.15, 0.2) is 5.65 Å². The van der Waals surface area contributed by atoms with Crippen molar-refractivity contribution in [2.24, 2.45) is 11.8 Å². The van der Waals surface area contributed by atoms with E-state index in [9.17, 15) is 0 Å². The van der Waals surface area contributed by atoms with E-state index in [0.29, 0.717) is 11.8 Å². The van der Waals surface area contributed by atoms with Crippen LogP contribution in [0, 0.1) is 32.6 Å². The molecule has 0 bridgehead atoms. The first-order valence-corrected chi connectivity index (χ1v) is 9.61. The molecule has 3 aromatic rings. The number of hydrogen-bond acceptors (Lipinski definition) is 3. The minimum atomic E-state index is 0.704. The van der Waals surface area contributed by atoms with E-state index in [2.05, 4.69) is 74.4 Å². The van der Waals surface area contributed by atoms with E-state index in [1.54, 1.807) is 0 Å². The zero-order chi connectivity index (χ0) is 18.4. The number of aromatic nitrogens is 3. The van der Waals surface area contributed by atoms with Crippen LogP contribution >= 0.6 is 0 Å². The van der Waals surface area contributed by atoms with Crippen LogP contribution in [0.4, 0.5) is 5.82 Å². The molecule has 26 heavy (non-hydrogen) atoms. The van der Waals surface area contributed by atoms with Crippen LogP contribution in [-0.2, 0) is 0 Å². The van der Waals surface area contributed by atoms with Crippen LogP contribution in [0.25, 0.3) is 16.8 Å². The van der Waals surface area contributed by atoms with Crippen molar-refractivity contribution in [1.82, 2.24) is 14.6 Å². The molecule has 0 N–H and O–H groups in total. The average Bonchev–Trinajstić information content (AvgIpc) is 2.90. The van der Waals surface area contributed by atoms with E-state index in [1.807, 2.05) is 0 Å². The monoisotopic (exact) mass is 348 g/mol. The van der Waals surface area contributed by atoms with Gasteiger partial charge in [0.2, 0.25) is 0 Å². The van der Waals surface area contributed by atoms with Crippen molar-refractivity contribution >= 4 is 11.5 Å². The lowest BCUT2D eigenvalue weighted by atomic mass is 9.92. The van der Waals surface area contributed by atoms with E-state index in [1.165, 1.54) is 23.4 Å². The number of aryl methyl sites for hydroxylation is 3. The minimum absolute atomic E-state index is 0.704. The van der Waals surface area contributed by atoms with Gasteiger partial charge in [-0.25, -0.2) is 4.98 Å². The molecule has 2 atom stereocenters. The van der Waals surface area contributed by atoms with Crippen LogP contribution in [0.15, 0.2) is 30.3 Å². The van der Waals surface area contributed by atoms with Crippen molar-refractivity contribution in [2.45, 2.75) is 41.0 Å². The van der Waals surface area contributed by atoms with E-state index in [0.717, 1.165) is 35.7 Å². The van der Waals surface area contributed by atoms with Crippen molar-refractivity contribution in [1.29, 1.82) is 0 Å². The molecule has 0 radical (unpaired) electrons. The Hall–Kier alpha value is -2.36. The Kier molecular flexibility index (Phi) is 4.22. The predicted molar refractivity (Wildman–Crippen MR) is 108 cm³/mol. The van der Waals surface area contributed by atoms with Gasteiger partial charge < -0.3 is 4.90 Å². The fourth-order valence-electron chi connectivity index (χ4n) is 4.36. The van der Waals surface area contributed by atoms with E-state index < -0.39 is 0 Å². The Morgan fingerprint density at radius 1 is 0.962 bits per heavy atom. The second kappa shape index (κ2) is 6.42. The first-order valence-electron chi connectivity index (χ1n) is 9.61. The van der Waals surface area contributed by atoms with Gasteiger partial charge in [-0.15, -0.1) is 0 Å². The van der Waals surface area contributed by atoms with Crippen LogP contribution in [-0.4, -0.2) is 27.7 Å². The SMILES string of the molecule is Cc1ccc(-c2c(C)nn3c(N4CC(C)CC(C)C4)cc(C)nc23)cc1. The molecule has 1 aliphatic heterocycles. The third-order valence-corrected chi connectivity index (χ3v) is 5.41. The lowest BCUT2D eigenvalue weighted by Gasteiger charge is -2.36. The third-order valence-electron chi connectivity index (χ3n) is 5.41. The predicted octanol–water partition coefficient (Wildman–Crippen LogP) is 4.80. The molecule has 1 saturated heterocycles. The third kappa shape index (κ3) is 2.98. The smallest absolute Gasteiger partial charge is 0.165 e. The van der Waals surface area contributed by atoms with Gasteiger partial charge in [-0.1, -0.05) is 43.7 Å². The molecule has 4 rings (SSSR count). The average molecular weight is 348 g/mol. The number of anilines is 1. The largest absolute Gasteiger partial charge is 0.356 e. The Balaban J connectivity index is 1.88. The number of nitrogens with zero attached hydrogens (tertiary/aromatic N) is 4. The number of benzene rings is 1. The molecular formula is C22H28N4. The highest BCUT2D eigenvalue weighted by atomic mass is 15.4. The van der Waals surface area contributed by atoms with Crippen LogP contribution in [0.1, 0.15) is 37.2 Å². The summed E-state index contributed by atoms with van der Waals surface area (Å²) in [4.78, 5) is 7.35. The molecule has 4 heteroatoms. The van der Waals surface area contributed by atoms with Crippen LogP contribution in [0.2, 0.25) is 0 Å². The Morgan fingerprint density at radius 3 is 2.27 bits per heavy atom. The van der Waals surface area contributed by atoms with Gasteiger partial charge in [-0.3, -0.25) is 0 Å². The Bertz CT molecular complexity index is 929. The van der Waals surface area contributed by atoms with Crippen LogP contribution < -0.4 is 4.90 Å². The fourth-order valence-corrected chi connectivity index (χ4v) is 4.36. The lowest BCUT2D eigenvalue weighted by Crippen LogP contribution is -2.39. The van der Waals surface area contributed by atoms with Gasteiger partial charge in [0, 0.05) is 30.4 Å². The van der Waals surface area contributed by atoms with Gasteiger partial charge >= 0.3 is 0 Å². The molecule has 0 saturated carbocycles. The summed E-state index contributed by atoms with van der Waals surface area (Å²) in [6.07, 6.45) is 1.30. The van der Waals surface area contributed by atoms with Gasteiger partial charge in [0.25, 0.3) is 0 Å². The Labute approximate surface area is 155 Å². The number of fused-ring (bicyclic) bond motifs is 1. The molecule has 1 aliphatic rings. The van der Waals surface area contributed by atoms with Gasteiger partial charge in [0.05, 0.1) is 5.69 Å². The van der Waals surface area contributed by atoms with Crippen molar-refractivity contribution < 1.29 is 0 Å². The lowest BCUT2D eigenvalue weighted by molar-refractivity contribution is 0.354. The topological polar surface area (TPSA) is 33.4 Å². The maximum absolute atomic E-state index is 4.89. The van der Waals surface area contributed by atoms with Crippen molar-refractivity contribution in [3.8, 4) is 11.1 Å². The molecule has 1 fully saturated rings. The first kappa shape index (κ1) is 17.1. The highest BCUT2D eigenvalue weighted by Crippen LogP contribution is 2.32. The van der Waals surface area contributed by atoms with Crippen molar-refractivity contribution in [3.05, 3.63) is 47.3 Å². The van der Waals surface area contributed by atoms with Crippen LogP contribution in [0.5, 0.6) is 0 Å². The number of piperidine rings is 1. The van der Waals surface area contributed by atoms with Gasteiger partial charge in [-0.05, 0) is 44.6 Å². The normalized spacial score (nSPS) is 20.7. The van der Waals surface area contributed by atoms with Crippen LogP contribution in [0.3, 0.4) is 0 Å². The molecule has 4 nitrogen and oxygen atoms in total. The maximum atomic E-state index is 4.89. The summed E-state index contributed by atoms with van der Waals surface area (Å²) in [6.45, 7) is 13.2. The minimum Gasteiger partial charge on any atom is -0.356 e. The summed E-state index contributed by atoms with van der Waals surface area (Å²) >= 11 is 0. The van der Waals surface area contributed by atoms with E-state index >= 15 is 0 Å². The van der Waals surface area contributed by atoms with E-state index in [4.69, 9.17) is 10.1 Å². The quantitative estimate of drug-likeness (QED) is 0.667. The highest BCUT2D eigenvalue weighted by molar-refractivity contribution is 5.81. The molecule has 0 amide bonds. The molecular weight excluding hydrogens is 320 g/mol. The van der Waals surface area contributed by atoms with Crippen molar-refractivity contribution in [2.75, 3.05) is 18.0 Å². The number of hydrogen-bond donors (Lipinski definition) is 0. The molecule has 0 spiro atoms. The zero-order valence-corrected chi connectivity index (χ0v) is 16.5. The standard InChI is InChI=1S/C22H28N4/c1-14-6-8-19(9-7-14)21-18(5)24-26-20(11-17(4)23-22(21)26)25-12-15(2)10-16(3)13-25/h6-9,11,15-16H,10,12-13H2,1-5H3. The second-order valence-electron chi connectivity index (χ2n) is 8.17. The molecule has 0 aliphatic carbocycles. The zero-order valence-electron chi connectivity index (χ0n) is 16.5. The molecule has 1 aromatic carbocycles. The fraction of sp³-hybridized carbons (Fsp3) is 0.455. The van der Waals surface area contributed by atoms with Gasteiger partial charge in [0.1, 0.15) is 5.82 Å². The molecule has 3 heterocycles. The highest BCUT2D eigenvalue weighted by Gasteiger charge is 2.25. The molecule has 2 unspecified atom stereocenters. The van der Waals surface area contributed by atoms with E-state index in [-0.39, 0.29) is 0 Å². The second-order valence-corrected chi connectivity index (χ2v) is 8.17. The summed E-state index contributed by atoms with van der Waals surface area (Å²) in [5, 5.41) is 4.89. The summed E-state index contributed by atoms with van der Waals surface area (Å²) in [5.74, 6) is 2.58.